The second-order valence-corrected chi connectivity index (χ2v) is 11.0. The molecule has 1 aliphatic carbocycles. The Kier molecular flexibility index (Phi) is 9.40. The lowest BCUT2D eigenvalue weighted by atomic mass is 9.81. The fourth-order valence-electron chi connectivity index (χ4n) is 5.39. The molecule has 3 atom stereocenters. The summed E-state index contributed by atoms with van der Waals surface area (Å²) in [4.78, 5) is 39.7. The van der Waals surface area contributed by atoms with Crippen molar-refractivity contribution in [2.75, 3.05) is 11.9 Å². The lowest BCUT2D eigenvalue weighted by molar-refractivity contribution is -0.150. The molecule has 0 bridgehead atoms. The lowest BCUT2D eigenvalue weighted by Crippen LogP contribution is -2.49. The van der Waals surface area contributed by atoms with E-state index in [1.807, 2.05) is 19.2 Å². The van der Waals surface area contributed by atoms with Crippen molar-refractivity contribution < 1.29 is 40.7 Å². The van der Waals surface area contributed by atoms with Gasteiger partial charge in [-0.1, -0.05) is 6.07 Å². The molecule has 0 radical (unpaired) electrons. The number of aromatic nitrogens is 2. The molecule has 1 aliphatic heterocycles. The number of benzene rings is 1. The highest BCUT2D eigenvalue weighted by molar-refractivity contribution is 6.00. The zero-order valence-corrected chi connectivity index (χ0v) is 23.6. The lowest BCUT2D eigenvalue weighted by Gasteiger charge is -2.31. The molecule has 2 heterocycles. The van der Waals surface area contributed by atoms with Crippen LogP contribution in [-0.2, 0) is 4.79 Å². The standard InChI is InChI=1S/C28H32F6N6O3/c1-14(2)40-21(10-11-35-40)25(41)38-23(16-4-6-17(7-5-16)24(30)31)26(42)36-20-9-8-18(12-19(20)29)15(3)39-13-22(28(32,33)34)37-27(39)43/h8-12,14-16,22-23H,4-7,13H2,1-3H3,(H,36,42)(H,37,43)(H,38,41)/t15-,22+,23+/m1/s1. The van der Waals surface area contributed by atoms with Crippen molar-refractivity contribution in [3.8, 4) is 0 Å². The monoisotopic (exact) mass is 614 g/mol. The van der Waals surface area contributed by atoms with Crippen LogP contribution in [0, 0.1) is 11.7 Å². The number of hydrogen-bond acceptors (Lipinski definition) is 4. The second kappa shape index (κ2) is 12.7. The molecule has 1 saturated heterocycles. The summed E-state index contributed by atoms with van der Waals surface area (Å²) < 4.78 is 82.1. The van der Waals surface area contributed by atoms with E-state index in [0.717, 1.165) is 11.0 Å². The summed E-state index contributed by atoms with van der Waals surface area (Å²) in [6, 6.07) is -0.212. The first-order valence-corrected chi connectivity index (χ1v) is 13.8. The van der Waals surface area contributed by atoms with E-state index in [1.165, 1.54) is 36.0 Å². The Morgan fingerprint density at radius 3 is 2.33 bits per heavy atom. The molecule has 4 amide bonds. The Hall–Kier alpha value is -4.04. The number of rotatable bonds is 8. The van der Waals surface area contributed by atoms with Crippen LogP contribution in [-0.4, -0.2) is 57.3 Å². The third kappa shape index (κ3) is 7.13. The molecule has 1 saturated carbocycles. The average molecular weight is 615 g/mol. The minimum absolute atomic E-state index is 0.0105. The highest BCUT2D eigenvalue weighted by Gasteiger charge is 2.48. The number of anilines is 1. The molecule has 4 rings (SSSR count). The first kappa shape index (κ1) is 31.9. The van der Waals surface area contributed by atoms with Crippen LogP contribution in [0.3, 0.4) is 0 Å². The number of urea groups is 1. The SMILES string of the molecule is CC(C)n1nccc1C(=O)N[C@H](C(=O)Nc1ccc([C@@H](C)N2C[C@@H](C(F)(F)F)NC2=O)cc1F)C1CCC(=C(F)F)CC1. The van der Waals surface area contributed by atoms with Crippen molar-refractivity contribution in [3.05, 3.63) is 59.2 Å². The average Bonchev–Trinajstić information content (AvgIpc) is 3.60. The number of carbonyl (C=O) groups is 3. The van der Waals surface area contributed by atoms with Gasteiger partial charge in [0.25, 0.3) is 12.0 Å². The molecule has 3 N–H and O–H groups in total. The van der Waals surface area contributed by atoms with Gasteiger partial charge in [0.15, 0.2) is 0 Å². The van der Waals surface area contributed by atoms with Crippen LogP contribution in [0.15, 0.2) is 42.1 Å². The van der Waals surface area contributed by atoms with Gasteiger partial charge in [0.2, 0.25) is 5.91 Å². The molecule has 1 aromatic carbocycles. The summed E-state index contributed by atoms with van der Waals surface area (Å²) in [6.45, 7) is 4.43. The van der Waals surface area contributed by atoms with Crippen LogP contribution in [0.4, 0.5) is 36.8 Å². The normalized spacial score (nSPS) is 20.6. The van der Waals surface area contributed by atoms with Gasteiger partial charge < -0.3 is 20.9 Å². The van der Waals surface area contributed by atoms with Gasteiger partial charge in [-0.3, -0.25) is 14.3 Å². The highest BCUT2D eigenvalue weighted by atomic mass is 19.4. The Labute approximate surface area is 243 Å². The quantitative estimate of drug-likeness (QED) is 0.332. The van der Waals surface area contributed by atoms with E-state index >= 15 is 4.39 Å². The summed E-state index contributed by atoms with van der Waals surface area (Å²) in [6.07, 6.45) is -4.53. The van der Waals surface area contributed by atoms with Crippen molar-refractivity contribution in [2.24, 2.45) is 5.92 Å². The van der Waals surface area contributed by atoms with Crippen LogP contribution in [0.5, 0.6) is 0 Å². The van der Waals surface area contributed by atoms with E-state index in [1.54, 1.807) is 0 Å². The van der Waals surface area contributed by atoms with E-state index < -0.39 is 66.5 Å². The van der Waals surface area contributed by atoms with Crippen LogP contribution in [0.1, 0.15) is 74.6 Å². The van der Waals surface area contributed by atoms with Crippen LogP contribution in [0.2, 0.25) is 0 Å². The van der Waals surface area contributed by atoms with Gasteiger partial charge >= 0.3 is 12.2 Å². The summed E-state index contributed by atoms with van der Waals surface area (Å²) in [5, 5.41) is 11.1. The predicted molar refractivity (Wildman–Crippen MR) is 144 cm³/mol. The molecule has 9 nitrogen and oxygen atoms in total. The first-order valence-electron chi connectivity index (χ1n) is 13.8. The Morgan fingerprint density at radius 1 is 1.09 bits per heavy atom. The van der Waals surface area contributed by atoms with Crippen LogP contribution >= 0.6 is 0 Å². The van der Waals surface area contributed by atoms with E-state index in [2.05, 4.69) is 15.7 Å². The highest BCUT2D eigenvalue weighted by Crippen LogP contribution is 2.34. The number of amides is 4. The fraction of sp³-hybridized carbons (Fsp3) is 0.500. The van der Waals surface area contributed by atoms with Crippen molar-refractivity contribution in [2.45, 2.75) is 76.8 Å². The predicted octanol–water partition coefficient (Wildman–Crippen LogP) is 5.70. The molecule has 15 heteroatoms. The van der Waals surface area contributed by atoms with Gasteiger partial charge in [0.05, 0.1) is 18.3 Å². The Morgan fingerprint density at radius 2 is 1.77 bits per heavy atom. The number of hydrogen-bond donors (Lipinski definition) is 3. The van der Waals surface area contributed by atoms with Gasteiger partial charge in [0.1, 0.15) is 23.6 Å². The minimum atomic E-state index is -4.64. The maximum Gasteiger partial charge on any atom is 0.410 e. The van der Waals surface area contributed by atoms with E-state index in [4.69, 9.17) is 0 Å². The van der Waals surface area contributed by atoms with E-state index in [9.17, 15) is 36.3 Å². The molecule has 2 fully saturated rings. The third-order valence-electron chi connectivity index (χ3n) is 7.87. The summed E-state index contributed by atoms with van der Waals surface area (Å²) in [5.41, 5.74) is 0.101. The molecule has 1 aromatic heterocycles. The fourth-order valence-corrected chi connectivity index (χ4v) is 5.39. The molecule has 0 spiro atoms. The van der Waals surface area contributed by atoms with Crippen molar-refractivity contribution in [3.63, 3.8) is 0 Å². The van der Waals surface area contributed by atoms with E-state index in [0.29, 0.717) is 0 Å². The van der Waals surface area contributed by atoms with Crippen molar-refractivity contribution in [1.29, 1.82) is 0 Å². The van der Waals surface area contributed by atoms with Crippen LogP contribution in [0.25, 0.3) is 0 Å². The smallest absolute Gasteiger partial charge is 0.339 e. The Bertz CT molecular complexity index is 1390. The topological polar surface area (TPSA) is 108 Å². The molecule has 2 aromatic rings. The third-order valence-corrected chi connectivity index (χ3v) is 7.87. The van der Waals surface area contributed by atoms with E-state index in [-0.39, 0.29) is 54.2 Å². The number of carbonyl (C=O) groups excluding carboxylic acids is 3. The maximum atomic E-state index is 15.2. The van der Waals surface area contributed by atoms with Gasteiger partial charge in [0, 0.05) is 12.2 Å². The molecule has 234 valence electrons. The molecular formula is C28H32F6N6O3. The minimum Gasteiger partial charge on any atom is -0.339 e. The second-order valence-electron chi connectivity index (χ2n) is 11.0. The van der Waals surface area contributed by atoms with Crippen LogP contribution < -0.4 is 16.0 Å². The zero-order valence-electron chi connectivity index (χ0n) is 23.6. The van der Waals surface area contributed by atoms with Gasteiger partial charge in [-0.05, 0) is 81.7 Å². The number of nitrogens with zero attached hydrogens (tertiary/aromatic N) is 3. The summed E-state index contributed by atoms with van der Waals surface area (Å²) >= 11 is 0. The summed E-state index contributed by atoms with van der Waals surface area (Å²) in [5.74, 6) is -2.83. The number of halogens is 6. The molecule has 2 aliphatic rings. The first-order chi connectivity index (χ1) is 20.2. The molecule has 0 unspecified atom stereocenters. The maximum absolute atomic E-state index is 15.2. The van der Waals surface area contributed by atoms with Crippen molar-refractivity contribution in [1.82, 2.24) is 25.3 Å². The summed E-state index contributed by atoms with van der Waals surface area (Å²) in [7, 11) is 0. The van der Waals surface area contributed by atoms with Gasteiger partial charge in [-0.15, -0.1) is 0 Å². The van der Waals surface area contributed by atoms with Gasteiger partial charge in [-0.2, -0.15) is 27.1 Å². The molecule has 43 heavy (non-hydrogen) atoms. The number of allylic oxidation sites excluding steroid dienone is 1. The zero-order chi connectivity index (χ0) is 31.6. The number of nitrogens with one attached hydrogen (secondary N) is 3. The number of alkyl halides is 3. The Balaban J connectivity index is 1.52. The van der Waals surface area contributed by atoms with Crippen molar-refractivity contribution >= 4 is 23.5 Å². The van der Waals surface area contributed by atoms with Gasteiger partial charge in [-0.25, -0.2) is 9.18 Å². The molecular weight excluding hydrogens is 582 g/mol. The largest absolute Gasteiger partial charge is 0.410 e.